The molecule has 8 aliphatic rings. The summed E-state index contributed by atoms with van der Waals surface area (Å²) in [6.07, 6.45) is 4.89. The molecule has 2 aromatic rings. The number of aliphatic hydroxyl groups excluding tert-OH is 4. The SMILES string of the molecule is CCN(C)[C@@H]1C(=O)C(C(C)=O)=C(O)[C@@]2(O)C(=O)C3=C(O)c4c(O)cc(C5CCCN5C)cc4C[C@H]3C[C@@H]12.CN[C@@H]1C(=O)C(C(C)=O)=C(O)[C@@]2(O)C(=O)C3=C(O)c4c(O)cc(C5CCCN5C)cc4C[C@H]3C[C@@H]12. The van der Waals surface area contributed by atoms with Crippen LogP contribution in [0.5, 0.6) is 11.5 Å². The molecule has 18 nitrogen and oxygen atoms in total. The fraction of sp³-hybridized carbons (Fsp3) is 0.519. The van der Waals surface area contributed by atoms with Gasteiger partial charge in [0.1, 0.15) is 45.7 Å². The molecule has 2 saturated heterocycles. The lowest BCUT2D eigenvalue weighted by Gasteiger charge is -2.50. The van der Waals surface area contributed by atoms with Gasteiger partial charge in [0, 0.05) is 35.1 Å². The number of carbonyl (C=O) groups excluding carboxylic acids is 6. The molecule has 10 atom stereocenters. The van der Waals surface area contributed by atoms with Gasteiger partial charge in [-0.05, 0) is 159 Å². The first-order valence-corrected chi connectivity index (χ1v) is 24.8. The number of fused-ring (bicyclic) bond motifs is 6. The minimum Gasteiger partial charge on any atom is -0.508 e. The first-order valence-electron chi connectivity index (χ1n) is 24.8. The van der Waals surface area contributed by atoms with Gasteiger partial charge in [-0.1, -0.05) is 19.1 Å². The molecular weight excluding hydrogens is 929 g/mol. The Bertz CT molecular complexity index is 2900. The van der Waals surface area contributed by atoms with Gasteiger partial charge in [-0.2, -0.15) is 0 Å². The summed E-state index contributed by atoms with van der Waals surface area (Å²) < 4.78 is 0. The van der Waals surface area contributed by atoms with E-state index in [1.165, 1.54) is 7.05 Å². The fourth-order valence-corrected chi connectivity index (χ4v) is 13.7. The zero-order valence-corrected chi connectivity index (χ0v) is 41.6. The Kier molecular flexibility index (Phi) is 12.8. The number of benzene rings is 2. The summed E-state index contributed by atoms with van der Waals surface area (Å²) in [4.78, 5) is 84.6. The van der Waals surface area contributed by atoms with Gasteiger partial charge in [-0.15, -0.1) is 0 Å². The van der Waals surface area contributed by atoms with E-state index in [1.807, 2.05) is 33.2 Å². The second-order valence-corrected chi connectivity index (χ2v) is 21.2. The maximum absolute atomic E-state index is 13.9. The highest BCUT2D eigenvalue weighted by atomic mass is 16.4. The van der Waals surface area contributed by atoms with Crippen molar-refractivity contribution in [1.29, 1.82) is 0 Å². The second-order valence-electron chi connectivity index (χ2n) is 21.2. The normalized spacial score (nSPS) is 32.5. The van der Waals surface area contributed by atoms with Crippen molar-refractivity contribution >= 4 is 46.2 Å². The standard InChI is InChI=1S/C28H34N2O7.C26H30N2O7/c1-5-29(3)23-17-11-16-10-15-9-14(18-7-6-8-30(18)4)12-19(32)21(15)24(33)22(16)27(36)28(17,37)26(35)20(13(2)31)25(23)34;1-11(29)18-23(32)21(27-2)15-9-14-8-13-7-12(16-5-4-6-28(16)3)10-17(30)19(13)22(31)20(14)25(34)26(15,35)24(18)33/h9,12,16-18,23,32-33,35,37H,5-8,10-11H2,1-4H3;7,10,14-16,21,27,30-31,33,35H,4-6,8-9H2,1-3H3/t16-,17-,18?,23-,28+;14-,15-,16?,21-,26+/m00/s1. The largest absolute Gasteiger partial charge is 0.508 e. The van der Waals surface area contributed by atoms with Gasteiger partial charge in [-0.25, -0.2) is 0 Å². The van der Waals surface area contributed by atoms with E-state index in [0.717, 1.165) is 63.7 Å². The maximum atomic E-state index is 13.9. The Balaban J connectivity index is 0.000000178. The summed E-state index contributed by atoms with van der Waals surface area (Å²) >= 11 is 0. The number of hydrogen-bond donors (Lipinski definition) is 9. The first-order chi connectivity index (χ1) is 33.9. The average molecular weight is 993 g/mol. The highest BCUT2D eigenvalue weighted by molar-refractivity contribution is 6.26. The van der Waals surface area contributed by atoms with E-state index >= 15 is 0 Å². The summed E-state index contributed by atoms with van der Waals surface area (Å²) in [6, 6.07) is 5.38. The van der Waals surface area contributed by atoms with Crippen molar-refractivity contribution in [3.63, 3.8) is 0 Å². The Morgan fingerprint density at radius 1 is 0.681 bits per heavy atom. The van der Waals surface area contributed by atoms with Gasteiger partial charge in [0.25, 0.3) is 0 Å². The minimum absolute atomic E-state index is 0.0889. The highest BCUT2D eigenvalue weighted by Gasteiger charge is 2.65. The van der Waals surface area contributed by atoms with Crippen LogP contribution < -0.4 is 5.32 Å². The topological polar surface area (TPSA) is 286 Å². The van der Waals surface area contributed by atoms with Gasteiger partial charge in [0.05, 0.1) is 23.2 Å². The van der Waals surface area contributed by atoms with Gasteiger partial charge in [-0.3, -0.25) is 43.5 Å². The fourth-order valence-electron chi connectivity index (χ4n) is 13.7. The molecule has 0 bridgehead atoms. The number of phenols is 2. The van der Waals surface area contributed by atoms with Crippen molar-refractivity contribution < 1.29 is 69.6 Å². The van der Waals surface area contributed by atoms with Crippen LogP contribution >= 0.6 is 0 Å². The number of carbonyl (C=O) groups is 6. The molecule has 9 N–H and O–H groups in total. The van der Waals surface area contributed by atoms with Crippen LogP contribution in [0.1, 0.15) is 105 Å². The van der Waals surface area contributed by atoms with E-state index in [-0.39, 0.29) is 58.7 Å². The third-order valence-corrected chi connectivity index (χ3v) is 17.3. The molecule has 2 unspecified atom stereocenters. The van der Waals surface area contributed by atoms with Crippen LogP contribution in [0.3, 0.4) is 0 Å². The highest BCUT2D eigenvalue weighted by Crippen LogP contribution is 2.55. The summed E-state index contributed by atoms with van der Waals surface area (Å²) in [7, 11) is 7.23. The van der Waals surface area contributed by atoms with Crippen LogP contribution in [-0.4, -0.2) is 161 Å². The van der Waals surface area contributed by atoms with Crippen molar-refractivity contribution in [3.8, 4) is 11.5 Å². The van der Waals surface area contributed by atoms with Crippen molar-refractivity contribution in [2.24, 2.45) is 23.7 Å². The van der Waals surface area contributed by atoms with E-state index in [0.29, 0.717) is 30.5 Å². The lowest BCUT2D eigenvalue weighted by Crippen LogP contribution is -2.65. The Labute approximate surface area is 416 Å². The number of ketones is 6. The summed E-state index contributed by atoms with van der Waals surface area (Å²) in [5.41, 5.74) is -2.91. The Hall–Kier alpha value is -6.02. The molecule has 0 radical (unpaired) electrons. The molecule has 0 spiro atoms. The number of aliphatic hydroxyl groups is 6. The molecule has 4 fully saturated rings. The molecule has 2 heterocycles. The van der Waals surface area contributed by atoms with Crippen LogP contribution in [0.15, 0.2) is 58.1 Å². The predicted molar refractivity (Wildman–Crippen MR) is 261 cm³/mol. The van der Waals surface area contributed by atoms with Crippen LogP contribution in [0.25, 0.3) is 11.5 Å². The molecule has 0 amide bonds. The molecule has 0 aromatic heterocycles. The molecule has 2 saturated carbocycles. The number of likely N-dealkylation sites (tertiary alicyclic amines) is 2. The number of aromatic hydroxyl groups is 2. The van der Waals surface area contributed by atoms with E-state index in [1.54, 1.807) is 24.1 Å². The summed E-state index contributed by atoms with van der Waals surface area (Å²) in [5, 5.41) is 92.2. The van der Waals surface area contributed by atoms with E-state index in [2.05, 4.69) is 15.1 Å². The van der Waals surface area contributed by atoms with Crippen molar-refractivity contribution in [1.82, 2.24) is 20.0 Å². The third kappa shape index (κ3) is 7.34. The van der Waals surface area contributed by atoms with E-state index in [9.17, 15) is 69.6 Å². The molecule has 384 valence electrons. The maximum Gasteiger partial charge on any atom is 0.202 e. The number of Topliss-reactive ketones (excluding diaryl/α,β-unsaturated/α-hetero) is 6. The molecule has 10 rings (SSSR count). The van der Waals surface area contributed by atoms with E-state index < -0.39 is 116 Å². The van der Waals surface area contributed by atoms with Crippen molar-refractivity contribution in [3.05, 3.63) is 91.5 Å². The average Bonchev–Trinajstić information content (AvgIpc) is 3.95. The number of rotatable bonds is 7. The quantitative estimate of drug-likeness (QED) is 0.179. The van der Waals surface area contributed by atoms with Crippen LogP contribution in [0.2, 0.25) is 0 Å². The Morgan fingerprint density at radius 2 is 1.10 bits per heavy atom. The van der Waals surface area contributed by atoms with Gasteiger partial charge >= 0.3 is 0 Å². The molecule has 72 heavy (non-hydrogen) atoms. The van der Waals surface area contributed by atoms with Crippen LogP contribution in [0.4, 0.5) is 0 Å². The van der Waals surface area contributed by atoms with Gasteiger partial charge < -0.3 is 46.2 Å². The lowest BCUT2D eigenvalue weighted by molar-refractivity contribution is -0.154. The van der Waals surface area contributed by atoms with Crippen molar-refractivity contribution in [2.45, 2.75) is 108 Å². The zero-order chi connectivity index (χ0) is 52.4. The minimum atomic E-state index is -2.54. The summed E-state index contributed by atoms with van der Waals surface area (Å²) in [5.74, 6) is -10.9. The molecule has 2 aromatic carbocycles. The number of likely N-dealkylation sites (N-methyl/N-ethyl adjacent to an activating group) is 2. The number of nitrogens with one attached hydrogen (secondary N) is 1. The Morgan fingerprint density at radius 3 is 1.49 bits per heavy atom. The number of nitrogens with zero attached hydrogens (tertiary/aromatic N) is 3. The second kappa shape index (κ2) is 18.2. The van der Waals surface area contributed by atoms with Gasteiger partial charge in [0.15, 0.2) is 34.3 Å². The van der Waals surface area contributed by atoms with Crippen molar-refractivity contribution in [2.75, 3.05) is 47.8 Å². The number of hydrogen-bond acceptors (Lipinski definition) is 18. The predicted octanol–water partition coefficient (Wildman–Crippen LogP) is 3.72. The third-order valence-electron chi connectivity index (χ3n) is 17.3. The van der Waals surface area contributed by atoms with Gasteiger partial charge in [0.2, 0.25) is 11.6 Å². The smallest absolute Gasteiger partial charge is 0.202 e. The molecule has 2 aliphatic heterocycles. The van der Waals surface area contributed by atoms with Crippen LogP contribution in [-0.2, 0) is 41.6 Å². The lowest BCUT2D eigenvalue weighted by atomic mass is 9.57. The first kappa shape index (κ1) is 50.9. The monoisotopic (exact) mass is 992 g/mol. The molecular formula is C54H64N4O14. The van der Waals surface area contributed by atoms with E-state index in [4.69, 9.17) is 0 Å². The zero-order valence-electron chi connectivity index (χ0n) is 41.6. The molecule has 6 aliphatic carbocycles. The van der Waals surface area contributed by atoms with Crippen LogP contribution in [0, 0.1) is 23.7 Å². The summed E-state index contributed by atoms with van der Waals surface area (Å²) in [6.45, 7) is 6.33. The molecule has 18 heteroatoms. The number of phenolic OH excluding ortho intramolecular Hbond substituents is 2.